The summed E-state index contributed by atoms with van der Waals surface area (Å²) in [5, 5.41) is 21.6. The number of alkyl halides is 3. The number of phenols is 1. The number of rotatable bonds is 3. The molecule has 0 amide bonds. The number of aryl methyl sites for hydroxylation is 1. The summed E-state index contributed by atoms with van der Waals surface area (Å²) in [5.74, 6) is 0.117. The fourth-order valence-electron chi connectivity index (χ4n) is 2.83. The summed E-state index contributed by atoms with van der Waals surface area (Å²) >= 11 is 0. The standard InChI is InChI=1S/C19H14F3N5O/c1-12-9-18(19(20,21)22)27(24-12)15-7-5-14(6-8-15)26-11-17(23-25-26)13-3-2-4-16(28)10-13/h2-11,28H,1H3. The third-order valence-corrected chi connectivity index (χ3v) is 4.12. The zero-order valence-corrected chi connectivity index (χ0v) is 14.6. The van der Waals surface area contributed by atoms with Crippen molar-refractivity contribution in [3.05, 3.63) is 72.2 Å². The molecule has 142 valence electrons. The minimum absolute atomic E-state index is 0.117. The highest BCUT2D eigenvalue weighted by Gasteiger charge is 2.35. The van der Waals surface area contributed by atoms with Gasteiger partial charge in [0.2, 0.25) is 0 Å². The van der Waals surface area contributed by atoms with Crippen LogP contribution in [0.2, 0.25) is 0 Å². The molecule has 0 saturated heterocycles. The van der Waals surface area contributed by atoms with E-state index in [2.05, 4.69) is 15.4 Å². The van der Waals surface area contributed by atoms with Crippen LogP contribution in [0.25, 0.3) is 22.6 Å². The Labute approximate surface area is 157 Å². The normalized spacial score (nSPS) is 11.7. The summed E-state index contributed by atoms with van der Waals surface area (Å²) < 4.78 is 41.9. The van der Waals surface area contributed by atoms with Gasteiger partial charge in [-0.1, -0.05) is 17.3 Å². The van der Waals surface area contributed by atoms with Gasteiger partial charge in [-0.25, -0.2) is 9.36 Å². The Bertz CT molecular complexity index is 1130. The Kier molecular flexibility index (Phi) is 4.14. The number of hydrogen-bond acceptors (Lipinski definition) is 4. The van der Waals surface area contributed by atoms with E-state index in [0.29, 0.717) is 16.9 Å². The maximum absolute atomic E-state index is 13.2. The lowest BCUT2D eigenvalue weighted by molar-refractivity contribution is -0.142. The van der Waals surface area contributed by atoms with Gasteiger partial charge in [0.15, 0.2) is 0 Å². The first-order valence-corrected chi connectivity index (χ1v) is 8.28. The number of halogens is 3. The molecule has 2 aromatic carbocycles. The molecular formula is C19H14F3N5O. The molecule has 4 rings (SSSR count). The van der Waals surface area contributed by atoms with Crippen LogP contribution in [0.3, 0.4) is 0 Å². The van der Waals surface area contributed by atoms with E-state index >= 15 is 0 Å². The van der Waals surface area contributed by atoms with E-state index in [1.807, 2.05) is 0 Å². The highest BCUT2D eigenvalue weighted by atomic mass is 19.4. The predicted molar refractivity (Wildman–Crippen MR) is 95.3 cm³/mol. The maximum Gasteiger partial charge on any atom is 0.433 e. The number of aromatic nitrogens is 5. The van der Waals surface area contributed by atoms with Crippen LogP contribution in [0.15, 0.2) is 60.8 Å². The second-order valence-electron chi connectivity index (χ2n) is 6.20. The highest BCUT2D eigenvalue weighted by molar-refractivity contribution is 5.60. The van der Waals surface area contributed by atoms with Gasteiger partial charge in [-0.05, 0) is 49.4 Å². The average molecular weight is 385 g/mol. The van der Waals surface area contributed by atoms with Crippen molar-refractivity contribution < 1.29 is 18.3 Å². The van der Waals surface area contributed by atoms with Gasteiger partial charge in [0.1, 0.15) is 17.1 Å². The van der Waals surface area contributed by atoms with Crippen LogP contribution in [0, 0.1) is 6.92 Å². The average Bonchev–Trinajstić information content (AvgIpc) is 3.29. The molecular weight excluding hydrogens is 371 g/mol. The van der Waals surface area contributed by atoms with E-state index < -0.39 is 11.9 Å². The molecule has 0 aliphatic heterocycles. The summed E-state index contributed by atoms with van der Waals surface area (Å²) in [7, 11) is 0. The summed E-state index contributed by atoms with van der Waals surface area (Å²) in [6.45, 7) is 1.51. The molecule has 6 nitrogen and oxygen atoms in total. The zero-order valence-electron chi connectivity index (χ0n) is 14.6. The van der Waals surface area contributed by atoms with E-state index in [9.17, 15) is 18.3 Å². The van der Waals surface area contributed by atoms with E-state index in [1.54, 1.807) is 42.6 Å². The van der Waals surface area contributed by atoms with Gasteiger partial charge in [0.05, 0.1) is 23.3 Å². The first-order valence-electron chi connectivity index (χ1n) is 8.28. The molecule has 0 fully saturated rings. The molecule has 2 aromatic heterocycles. The molecule has 0 aliphatic rings. The van der Waals surface area contributed by atoms with Gasteiger partial charge in [-0.3, -0.25) is 0 Å². The molecule has 0 unspecified atom stereocenters. The molecule has 2 heterocycles. The fraction of sp³-hybridized carbons (Fsp3) is 0.105. The minimum Gasteiger partial charge on any atom is -0.508 e. The zero-order chi connectivity index (χ0) is 19.9. The number of nitrogens with zero attached hydrogens (tertiary/aromatic N) is 5. The van der Waals surface area contributed by atoms with Crippen molar-refractivity contribution in [3.8, 4) is 28.4 Å². The Hall–Kier alpha value is -3.62. The molecule has 0 bridgehead atoms. The Morgan fingerprint density at radius 3 is 2.36 bits per heavy atom. The summed E-state index contributed by atoms with van der Waals surface area (Å²) in [6.07, 6.45) is -2.83. The van der Waals surface area contributed by atoms with Crippen LogP contribution in [0.1, 0.15) is 11.4 Å². The van der Waals surface area contributed by atoms with E-state index in [0.717, 1.165) is 10.7 Å². The largest absolute Gasteiger partial charge is 0.508 e. The lowest BCUT2D eigenvalue weighted by Gasteiger charge is -2.10. The first-order chi connectivity index (χ1) is 13.3. The number of aromatic hydroxyl groups is 1. The molecule has 0 radical (unpaired) electrons. The van der Waals surface area contributed by atoms with Crippen molar-refractivity contribution >= 4 is 0 Å². The second kappa shape index (κ2) is 6.52. The van der Waals surface area contributed by atoms with Crippen molar-refractivity contribution in [1.82, 2.24) is 24.8 Å². The van der Waals surface area contributed by atoms with Crippen LogP contribution in [0.5, 0.6) is 5.75 Å². The van der Waals surface area contributed by atoms with Crippen molar-refractivity contribution in [3.63, 3.8) is 0 Å². The van der Waals surface area contributed by atoms with Crippen LogP contribution in [0.4, 0.5) is 13.2 Å². The molecule has 0 spiro atoms. The van der Waals surface area contributed by atoms with Crippen LogP contribution in [-0.2, 0) is 6.18 Å². The maximum atomic E-state index is 13.2. The summed E-state index contributed by atoms with van der Waals surface area (Å²) in [6, 6.07) is 13.9. The first kappa shape index (κ1) is 17.8. The lowest BCUT2D eigenvalue weighted by atomic mass is 10.1. The van der Waals surface area contributed by atoms with E-state index in [4.69, 9.17) is 0 Å². The van der Waals surface area contributed by atoms with Crippen molar-refractivity contribution in [2.75, 3.05) is 0 Å². The minimum atomic E-state index is -4.50. The highest BCUT2D eigenvalue weighted by Crippen LogP contribution is 2.31. The molecule has 28 heavy (non-hydrogen) atoms. The van der Waals surface area contributed by atoms with Crippen LogP contribution < -0.4 is 0 Å². The Morgan fingerprint density at radius 1 is 0.964 bits per heavy atom. The third kappa shape index (κ3) is 3.34. The Balaban J connectivity index is 1.65. The third-order valence-electron chi connectivity index (χ3n) is 4.12. The van der Waals surface area contributed by atoms with Gasteiger partial charge in [0, 0.05) is 5.56 Å². The lowest BCUT2D eigenvalue weighted by Crippen LogP contribution is -2.13. The predicted octanol–water partition coefficient (Wildman–Crippen LogP) is 4.15. The number of phenolic OH excluding ortho intramolecular Hbond substituents is 1. The quantitative estimate of drug-likeness (QED) is 0.575. The smallest absolute Gasteiger partial charge is 0.433 e. The molecule has 0 aliphatic carbocycles. The van der Waals surface area contributed by atoms with Crippen LogP contribution >= 0.6 is 0 Å². The topological polar surface area (TPSA) is 68.8 Å². The van der Waals surface area contributed by atoms with Crippen molar-refractivity contribution in [2.24, 2.45) is 0 Å². The molecule has 9 heteroatoms. The number of benzene rings is 2. The monoisotopic (exact) mass is 385 g/mol. The van der Waals surface area contributed by atoms with Crippen molar-refractivity contribution in [1.29, 1.82) is 0 Å². The van der Waals surface area contributed by atoms with Crippen LogP contribution in [-0.4, -0.2) is 29.9 Å². The van der Waals surface area contributed by atoms with Gasteiger partial charge in [0.25, 0.3) is 0 Å². The summed E-state index contributed by atoms with van der Waals surface area (Å²) in [5.41, 5.74) is 1.62. The van der Waals surface area contributed by atoms with Gasteiger partial charge >= 0.3 is 6.18 Å². The number of hydrogen-bond donors (Lipinski definition) is 1. The molecule has 0 atom stereocenters. The SMILES string of the molecule is Cc1cc(C(F)(F)F)n(-c2ccc(-n3cc(-c4cccc(O)c4)nn3)cc2)n1. The molecule has 1 N–H and O–H groups in total. The van der Waals surface area contributed by atoms with E-state index in [1.165, 1.54) is 23.7 Å². The Morgan fingerprint density at radius 2 is 1.68 bits per heavy atom. The molecule has 0 saturated carbocycles. The molecule has 4 aromatic rings. The summed E-state index contributed by atoms with van der Waals surface area (Å²) in [4.78, 5) is 0. The van der Waals surface area contributed by atoms with E-state index in [-0.39, 0.29) is 17.1 Å². The van der Waals surface area contributed by atoms with Crippen molar-refractivity contribution in [2.45, 2.75) is 13.1 Å². The van der Waals surface area contributed by atoms with Gasteiger partial charge in [-0.2, -0.15) is 18.3 Å². The van der Waals surface area contributed by atoms with Gasteiger partial charge in [-0.15, -0.1) is 5.10 Å². The fourth-order valence-corrected chi connectivity index (χ4v) is 2.83. The second-order valence-corrected chi connectivity index (χ2v) is 6.20. The van der Waals surface area contributed by atoms with Gasteiger partial charge < -0.3 is 5.11 Å².